The second kappa shape index (κ2) is 8.97. The zero-order valence-corrected chi connectivity index (χ0v) is 12.3. The van der Waals surface area contributed by atoms with E-state index in [1.807, 2.05) is 6.92 Å². The maximum Gasteiger partial charge on any atom is 0.307 e. The van der Waals surface area contributed by atoms with Gasteiger partial charge >= 0.3 is 5.97 Å². The normalized spacial score (nSPS) is 12.3. The average Bonchev–Trinajstić information content (AvgIpc) is 3.02. The molecule has 0 spiro atoms. The van der Waals surface area contributed by atoms with Crippen molar-refractivity contribution in [3.05, 3.63) is 30.2 Å². The van der Waals surface area contributed by atoms with Gasteiger partial charge in [-0.05, 0) is 24.6 Å². The molecule has 0 radical (unpaired) electrons. The molecule has 0 saturated heterocycles. The highest BCUT2D eigenvalue weighted by Crippen LogP contribution is 2.09. The highest BCUT2D eigenvalue weighted by Gasteiger charge is 2.21. The minimum Gasteiger partial charge on any atom is -0.469 e. The van der Waals surface area contributed by atoms with E-state index in [4.69, 9.17) is 4.42 Å². The standard InChI is InChI=1S/C15H21NO5/c1-3-12(11-17)16(9-8-15(19)20-2)14(18)7-6-13-5-4-10-21-13/h4-7,10,12,17H,3,8-9,11H2,1-2H3/b7-6+. The molecule has 0 aliphatic carbocycles. The Morgan fingerprint density at radius 1 is 1.52 bits per heavy atom. The van der Waals surface area contributed by atoms with Crippen molar-refractivity contribution in [3.8, 4) is 0 Å². The molecule has 1 aromatic rings. The molecule has 21 heavy (non-hydrogen) atoms. The molecule has 0 saturated carbocycles. The van der Waals surface area contributed by atoms with Gasteiger partial charge in [0.05, 0.1) is 32.4 Å². The van der Waals surface area contributed by atoms with Crippen molar-refractivity contribution in [2.24, 2.45) is 0 Å². The number of esters is 1. The van der Waals surface area contributed by atoms with Crippen molar-refractivity contribution in [3.63, 3.8) is 0 Å². The molecule has 0 fully saturated rings. The highest BCUT2D eigenvalue weighted by atomic mass is 16.5. The smallest absolute Gasteiger partial charge is 0.307 e. The molecule has 1 amide bonds. The summed E-state index contributed by atoms with van der Waals surface area (Å²) in [6.45, 7) is 1.92. The van der Waals surface area contributed by atoms with Gasteiger partial charge in [0.2, 0.25) is 5.91 Å². The first-order valence-electron chi connectivity index (χ1n) is 6.82. The molecule has 116 valence electrons. The molecule has 1 aromatic heterocycles. The summed E-state index contributed by atoms with van der Waals surface area (Å²) in [5.74, 6) is -0.111. The van der Waals surface area contributed by atoms with Crippen LogP contribution in [0.3, 0.4) is 0 Å². The maximum absolute atomic E-state index is 12.2. The Labute approximate surface area is 124 Å². The monoisotopic (exact) mass is 295 g/mol. The van der Waals surface area contributed by atoms with Crippen LogP contribution in [0.15, 0.2) is 28.9 Å². The molecule has 1 unspecified atom stereocenters. The fourth-order valence-electron chi connectivity index (χ4n) is 1.87. The van der Waals surface area contributed by atoms with E-state index in [1.165, 1.54) is 24.3 Å². The Morgan fingerprint density at radius 2 is 2.29 bits per heavy atom. The Hall–Kier alpha value is -2.08. The zero-order chi connectivity index (χ0) is 15.7. The van der Waals surface area contributed by atoms with Crippen molar-refractivity contribution in [2.45, 2.75) is 25.8 Å². The van der Waals surface area contributed by atoms with Crippen LogP contribution >= 0.6 is 0 Å². The first kappa shape index (κ1) is 17.0. The van der Waals surface area contributed by atoms with Gasteiger partial charge in [0.25, 0.3) is 0 Å². The van der Waals surface area contributed by atoms with Gasteiger partial charge in [0.15, 0.2) is 0 Å². The van der Waals surface area contributed by atoms with Crippen LogP contribution in [0.2, 0.25) is 0 Å². The Morgan fingerprint density at radius 3 is 2.81 bits per heavy atom. The van der Waals surface area contributed by atoms with E-state index < -0.39 is 5.97 Å². The van der Waals surface area contributed by atoms with Crippen molar-refractivity contribution < 1.29 is 23.8 Å². The van der Waals surface area contributed by atoms with Gasteiger partial charge in [-0.3, -0.25) is 9.59 Å². The molecule has 1 rings (SSSR count). The number of ether oxygens (including phenoxy) is 1. The van der Waals surface area contributed by atoms with Crippen LogP contribution in [-0.4, -0.2) is 48.2 Å². The summed E-state index contributed by atoms with van der Waals surface area (Å²) in [6.07, 6.45) is 5.12. The van der Waals surface area contributed by atoms with Gasteiger partial charge in [0, 0.05) is 12.6 Å². The summed E-state index contributed by atoms with van der Waals surface area (Å²) in [4.78, 5) is 24.9. The predicted octanol–water partition coefficient (Wildman–Crippen LogP) is 1.46. The molecule has 1 N–H and O–H groups in total. The summed E-state index contributed by atoms with van der Waals surface area (Å²) >= 11 is 0. The second-order valence-electron chi connectivity index (χ2n) is 4.45. The second-order valence-corrected chi connectivity index (χ2v) is 4.45. The van der Waals surface area contributed by atoms with Gasteiger partial charge in [-0.1, -0.05) is 6.92 Å². The van der Waals surface area contributed by atoms with Crippen LogP contribution in [0.5, 0.6) is 0 Å². The van der Waals surface area contributed by atoms with E-state index in [2.05, 4.69) is 4.74 Å². The van der Waals surface area contributed by atoms with Crippen molar-refractivity contribution in [1.29, 1.82) is 0 Å². The summed E-state index contributed by atoms with van der Waals surface area (Å²) in [5, 5.41) is 9.37. The quantitative estimate of drug-likeness (QED) is 0.580. The van der Waals surface area contributed by atoms with Crippen molar-refractivity contribution >= 4 is 18.0 Å². The Kier molecular flexibility index (Phi) is 7.25. The fourth-order valence-corrected chi connectivity index (χ4v) is 1.87. The SMILES string of the molecule is CCC(CO)N(CCC(=O)OC)C(=O)/C=C/c1ccco1. The van der Waals surface area contributed by atoms with E-state index in [1.54, 1.807) is 18.2 Å². The molecule has 1 heterocycles. The van der Waals surface area contributed by atoms with Gasteiger partial charge < -0.3 is 19.2 Å². The number of hydrogen-bond acceptors (Lipinski definition) is 5. The van der Waals surface area contributed by atoms with Gasteiger partial charge in [-0.15, -0.1) is 0 Å². The van der Waals surface area contributed by atoms with Crippen LogP contribution in [0.25, 0.3) is 6.08 Å². The third-order valence-corrected chi connectivity index (χ3v) is 3.12. The zero-order valence-electron chi connectivity index (χ0n) is 12.3. The van der Waals surface area contributed by atoms with E-state index in [-0.39, 0.29) is 31.5 Å². The number of nitrogens with zero attached hydrogens (tertiary/aromatic N) is 1. The molecular weight excluding hydrogens is 274 g/mol. The Bertz CT molecular complexity index is 462. The van der Waals surface area contributed by atoms with Crippen LogP contribution in [0, 0.1) is 0 Å². The topological polar surface area (TPSA) is 80.0 Å². The average molecular weight is 295 g/mol. The third kappa shape index (κ3) is 5.43. The first-order chi connectivity index (χ1) is 10.1. The van der Waals surface area contributed by atoms with Crippen molar-refractivity contribution in [2.75, 3.05) is 20.3 Å². The molecule has 0 aliphatic heterocycles. The lowest BCUT2D eigenvalue weighted by molar-refractivity contribution is -0.142. The first-order valence-corrected chi connectivity index (χ1v) is 6.82. The summed E-state index contributed by atoms with van der Waals surface area (Å²) in [5.41, 5.74) is 0. The summed E-state index contributed by atoms with van der Waals surface area (Å²) in [6, 6.07) is 3.12. The molecular formula is C15H21NO5. The molecule has 1 atom stereocenters. The van der Waals surface area contributed by atoms with Crippen molar-refractivity contribution in [1.82, 2.24) is 4.90 Å². The van der Waals surface area contributed by atoms with E-state index in [0.29, 0.717) is 12.2 Å². The van der Waals surface area contributed by atoms with Gasteiger partial charge in [0.1, 0.15) is 5.76 Å². The Balaban J connectivity index is 2.74. The minimum absolute atomic E-state index is 0.0906. The molecule has 6 heteroatoms. The number of carbonyl (C=O) groups is 2. The maximum atomic E-state index is 12.2. The number of furan rings is 1. The summed E-state index contributed by atoms with van der Waals surface area (Å²) < 4.78 is 9.69. The largest absolute Gasteiger partial charge is 0.469 e. The number of rotatable bonds is 8. The number of methoxy groups -OCH3 is 1. The molecule has 0 bridgehead atoms. The molecule has 0 aliphatic rings. The lowest BCUT2D eigenvalue weighted by Gasteiger charge is -2.28. The van der Waals surface area contributed by atoms with Crippen LogP contribution < -0.4 is 0 Å². The highest BCUT2D eigenvalue weighted by molar-refractivity contribution is 5.91. The van der Waals surface area contributed by atoms with Crippen LogP contribution in [0.1, 0.15) is 25.5 Å². The van der Waals surface area contributed by atoms with Crippen LogP contribution in [-0.2, 0) is 14.3 Å². The molecule has 6 nitrogen and oxygen atoms in total. The van der Waals surface area contributed by atoms with Gasteiger partial charge in [-0.2, -0.15) is 0 Å². The number of aliphatic hydroxyl groups is 1. The number of hydrogen-bond donors (Lipinski definition) is 1. The third-order valence-electron chi connectivity index (χ3n) is 3.12. The van der Waals surface area contributed by atoms with E-state index in [0.717, 1.165) is 0 Å². The lowest BCUT2D eigenvalue weighted by Crippen LogP contribution is -2.42. The minimum atomic E-state index is -0.393. The fraction of sp³-hybridized carbons (Fsp3) is 0.467. The van der Waals surface area contributed by atoms with Crippen LogP contribution in [0.4, 0.5) is 0 Å². The lowest BCUT2D eigenvalue weighted by atomic mass is 10.2. The number of amides is 1. The predicted molar refractivity (Wildman–Crippen MR) is 77.3 cm³/mol. The molecule has 0 aromatic carbocycles. The van der Waals surface area contributed by atoms with E-state index >= 15 is 0 Å². The summed E-state index contributed by atoms with van der Waals surface area (Å²) in [7, 11) is 1.30. The number of carbonyl (C=O) groups excluding carboxylic acids is 2. The van der Waals surface area contributed by atoms with Gasteiger partial charge in [-0.25, -0.2) is 0 Å². The number of aliphatic hydroxyl groups excluding tert-OH is 1. The van der Waals surface area contributed by atoms with E-state index in [9.17, 15) is 14.7 Å².